The van der Waals surface area contributed by atoms with E-state index in [0.717, 1.165) is 21.3 Å². The lowest BCUT2D eigenvalue weighted by atomic mass is 10.1. The molecule has 0 saturated heterocycles. The smallest absolute Gasteiger partial charge is 0.253 e. The van der Waals surface area contributed by atoms with Crippen molar-refractivity contribution < 1.29 is 19.0 Å². The maximum Gasteiger partial charge on any atom is 0.253 e. The van der Waals surface area contributed by atoms with Crippen LogP contribution in [0.4, 0.5) is 5.69 Å². The van der Waals surface area contributed by atoms with Gasteiger partial charge in [0.2, 0.25) is 0 Å². The first kappa shape index (κ1) is 19.3. The summed E-state index contributed by atoms with van der Waals surface area (Å²) in [6.45, 7) is 3.95. The standard InChI is InChI=1S/C19H22BrNO4/c1-12-8-15(20)10-17(24-4)18(12)21-19(22)13(2)25-11-14-6-5-7-16(9-14)23-3/h5-10,13H,11H2,1-4H3,(H,21,22). The van der Waals surface area contributed by atoms with Crippen LogP contribution in [-0.4, -0.2) is 26.2 Å². The molecule has 0 spiro atoms. The van der Waals surface area contributed by atoms with E-state index in [1.165, 1.54) is 0 Å². The predicted molar refractivity (Wildman–Crippen MR) is 101 cm³/mol. The summed E-state index contributed by atoms with van der Waals surface area (Å²) < 4.78 is 17.1. The average Bonchev–Trinajstić information content (AvgIpc) is 2.61. The van der Waals surface area contributed by atoms with Crippen LogP contribution in [0.3, 0.4) is 0 Å². The number of hydrogen-bond donors (Lipinski definition) is 1. The molecule has 2 aromatic carbocycles. The largest absolute Gasteiger partial charge is 0.497 e. The summed E-state index contributed by atoms with van der Waals surface area (Å²) >= 11 is 3.42. The maximum absolute atomic E-state index is 12.4. The van der Waals surface area contributed by atoms with Crippen LogP contribution in [0, 0.1) is 6.92 Å². The van der Waals surface area contributed by atoms with Gasteiger partial charge >= 0.3 is 0 Å². The lowest BCUT2D eigenvalue weighted by Gasteiger charge is -2.17. The second-order valence-electron chi connectivity index (χ2n) is 5.59. The first-order chi connectivity index (χ1) is 11.9. The molecule has 0 heterocycles. The van der Waals surface area contributed by atoms with Gasteiger partial charge in [0.25, 0.3) is 5.91 Å². The normalized spacial score (nSPS) is 11.7. The van der Waals surface area contributed by atoms with Gasteiger partial charge in [-0.25, -0.2) is 0 Å². The van der Waals surface area contributed by atoms with Crippen LogP contribution in [0.25, 0.3) is 0 Å². The molecule has 1 amide bonds. The summed E-state index contributed by atoms with van der Waals surface area (Å²) in [5, 5.41) is 2.88. The Bertz CT molecular complexity index is 748. The molecule has 1 atom stereocenters. The fraction of sp³-hybridized carbons (Fsp3) is 0.316. The van der Waals surface area contributed by atoms with Crippen molar-refractivity contribution in [1.29, 1.82) is 0 Å². The van der Waals surface area contributed by atoms with E-state index in [2.05, 4.69) is 21.2 Å². The van der Waals surface area contributed by atoms with Crippen LogP contribution in [0.15, 0.2) is 40.9 Å². The second kappa shape index (κ2) is 8.87. The summed E-state index contributed by atoms with van der Waals surface area (Å²) in [5.41, 5.74) is 2.49. The summed E-state index contributed by atoms with van der Waals surface area (Å²) in [7, 11) is 3.18. The quantitative estimate of drug-likeness (QED) is 0.742. The first-order valence-electron chi connectivity index (χ1n) is 7.84. The SMILES string of the molecule is COc1cccc(COC(C)C(=O)Nc2c(C)cc(Br)cc2OC)c1. The third-order valence-electron chi connectivity index (χ3n) is 3.74. The van der Waals surface area contributed by atoms with Crippen LogP contribution in [-0.2, 0) is 16.1 Å². The van der Waals surface area contributed by atoms with Crippen LogP contribution >= 0.6 is 15.9 Å². The minimum absolute atomic E-state index is 0.230. The molecule has 5 nitrogen and oxygen atoms in total. The van der Waals surface area contributed by atoms with Crippen molar-refractivity contribution in [2.75, 3.05) is 19.5 Å². The number of carbonyl (C=O) groups is 1. The zero-order valence-corrected chi connectivity index (χ0v) is 16.3. The lowest BCUT2D eigenvalue weighted by Crippen LogP contribution is -2.28. The molecule has 0 aliphatic rings. The van der Waals surface area contributed by atoms with Gasteiger partial charge in [0, 0.05) is 4.47 Å². The molecule has 0 radical (unpaired) electrons. The van der Waals surface area contributed by atoms with E-state index < -0.39 is 6.10 Å². The number of methoxy groups -OCH3 is 2. The van der Waals surface area contributed by atoms with Crippen LogP contribution in [0.2, 0.25) is 0 Å². The predicted octanol–water partition coefficient (Wildman–Crippen LogP) is 4.32. The van der Waals surface area contributed by atoms with E-state index >= 15 is 0 Å². The molecule has 0 bridgehead atoms. The third-order valence-corrected chi connectivity index (χ3v) is 4.19. The van der Waals surface area contributed by atoms with Gasteiger partial charge in [0.1, 0.15) is 17.6 Å². The van der Waals surface area contributed by atoms with Gasteiger partial charge in [-0.3, -0.25) is 4.79 Å². The zero-order valence-electron chi connectivity index (χ0n) is 14.8. The number of carbonyl (C=O) groups excluding carboxylic acids is 1. The van der Waals surface area contributed by atoms with E-state index in [1.54, 1.807) is 21.1 Å². The van der Waals surface area contributed by atoms with Gasteiger partial charge in [-0.05, 0) is 49.2 Å². The van der Waals surface area contributed by atoms with Gasteiger partial charge < -0.3 is 19.5 Å². The Hall–Kier alpha value is -2.05. The Labute approximate surface area is 156 Å². The van der Waals surface area contributed by atoms with Gasteiger partial charge in [0.05, 0.1) is 26.5 Å². The van der Waals surface area contributed by atoms with Crippen molar-refractivity contribution in [2.45, 2.75) is 26.6 Å². The van der Waals surface area contributed by atoms with E-state index in [1.807, 2.05) is 43.3 Å². The Morgan fingerprint density at radius 3 is 2.64 bits per heavy atom. The minimum atomic E-state index is -0.612. The molecule has 6 heteroatoms. The van der Waals surface area contributed by atoms with Gasteiger partial charge in [-0.1, -0.05) is 28.1 Å². The van der Waals surface area contributed by atoms with Gasteiger partial charge in [-0.15, -0.1) is 0 Å². The fourth-order valence-corrected chi connectivity index (χ4v) is 2.87. The summed E-state index contributed by atoms with van der Waals surface area (Å²) in [4.78, 5) is 12.4. The topological polar surface area (TPSA) is 56.8 Å². The summed E-state index contributed by atoms with van der Waals surface area (Å²) in [5.74, 6) is 1.13. The van der Waals surface area contributed by atoms with Crippen LogP contribution in [0.1, 0.15) is 18.1 Å². The monoisotopic (exact) mass is 407 g/mol. The van der Waals surface area contributed by atoms with E-state index in [4.69, 9.17) is 14.2 Å². The van der Waals surface area contributed by atoms with Crippen LogP contribution in [0.5, 0.6) is 11.5 Å². The number of rotatable bonds is 7. The Kier molecular flexibility index (Phi) is 6.84. The molecule has 0 saturated carbocycles. The summed E-state index contributed by atoms with van der Waals surface area (Å²) in [6.07, 6.45) is -0.612. The van der Waals surface area contributed by atoms with Crippen molar-refractivity contribution in [1.82, 2.24) is 0 Å². The highest BCUT2D eigenvalue weighted by Gasteiger charge is 2.17. The molecule has 0 aliphatic heterocycles. The number of nitrogens with one attached hydrogen (secondary N) is 1. The highest BCUT2D eigenvalue weighted by Crippen LogP contribution is 2.32. The highest BCUT2D eigenvalue weighted by atomic mass is 79.9. The molecule has 25 heavy (non-hydrogen) atoms. The van der Waals surface area contributed by atoms with E-state index in [-0.39, 0.29) is 5.91 Å². The molecule has 1 N–H and O–H groups in total. The number of aryl methyl sites for hydroxylation is 1. The van der Waals surface area contributed by atoms with Gasteiger partial charge in [-0.2, -0.15) is 0 Å². The average molecular weight is 408 g/mol. The number of ether oxygens (including phenoxy) is 3. The molecule has 0 aromatic heterocycles. The molecule has 0 fully saturated rings. The van der Waals surface area contributed by atoms with Gasteiger partial charge in [0.15, 0.2) is 0 Å². The molecule has 1 unspecified atom stereocenters. The number of anilines is 1. The Morgan fingerprint density at radius 1 is 1.20 bits per heavy atom. The molecule has 2 rings (SSSR count). The summed E-state index contributed by atoms with van der Waals surface area (Å²) in [6, 6.07) is 11.3. The Morgan fingerprint density at radius 2 is 1.96 bits per heavy atom. The third kappa shape index (κ3) is 5.21. The zero-order chi connectivity index (χ0) is 18.4. The van der Waals surface area contributed by atoms with E-state index in [9.17, 15) is 4.79 Å². The number of amides is 1. The molecular formula is C19H22BrNO4. The fourth-order valence-electron chi connectivity index (χ4n) is 2.32. The highest BCUT2D eigenvalue weighted by molar-refractivity contribution is 9.10. The van der Waals surface area contributed by atoms with Crippen molar-refractivity contribution in [3.63, 3.8) is 0 Å². The number of hydrogen-bond acceptors (Lipinski definition) is 4. The first-order valence-corrected chi connectivity index (χ1v) is 8.63. The van der Waals surface area contributed by atoms with Crippen LogP contribution < -0.4 is 14.8 Å². The number of benzene rings is 2. The minimum Gasteiger partial charge on any atom is -0.497 e. The number of halogens is 1. The Balaban J connectivity index is 2.01. The van der Waals surface area contributed by atoms with Crippen molar-refractivity contribution in [3.05, 3.63) is 52.0 Å². The second-order valence-corrected chi connectivity index (χ2v) is 6.51. The molecule has 2 aromatic rings. The molecular weight excluding hydrogens is 386 g/mol. The maximum atomic E-state index is 12.4. The lowest BCUT2D eigenvalue weighted by molar-refractivity contribution is -0.127. The van der Waals surface area contributed by atoms with Crippen molar-refractivity contribution in [2.24, 2.45) is 0 Å². The molecule has 134 valence electrons. The molecule has 0 aliphatic carbocycles. The van der Waals surface area contributed by atoms with E-state index in [0.29, 0.717) is 18.0 Å². The van der Waals surface area contributed by atoms with Crippen molar-refractivity contribution in [3.8, 4) is 11.5 Å². The van der Waals surface area contributed by atoms with Crippen molar-refractivity contribution >= 4 is 27.5 Å².